The number of nitrogens with zero attached hydrogens (tertiary/aromatic N) is 3. The lowest BCUT2D eigenvalue weighted by molar-refractivity contribution is 0.0289. The van der Waals surface area contributed by atoms with Gasteiger partial charge in [0.15, 0.2) is 0 Å². The van der Waals surface area contributed by atoms with Crippen LogP contribution in [0, 0.1) is 48.9 Å². The Hall–Kier alpha value is -6.00. The molecule has 3 unspecified atom stereocenters. The molecule has 5 aromatic carbocycles. The molecular weight excluding hydrogens is 863 g/mol. The fourth-order valence-corrected chi connectivity index (χ4v) is 13.4. The molecule has 0 bridgehead atoms. The zero-order valence-electron chi connectivity index (χ0n) is 44.0. The first kappa shape index (κ1) is 47.3. The third-order valence-corrected chi connectivity index (χ3v) is 18.3. The van der Waals surface area contributed by atoms with Crippen LogP contribution >= 0.6 is 0 Å². The maximum atomic E-state index is 6.78. The van der Waals surface area contributed by atoms with Gasteiger partial charge in [-0.1, -0.05) is 108 Å². The van der Waals surface area contributed by atoms with E-state index in [2.05, 4.69) is 194 Å². The molecule has 0 N–H and O–H groups in total. The SMILES string of the molecule is Cc1cnc(-n2c3ccc(-c4ccc(-c5ccc(C6CCC(C)(C)CC6)cc5)cc4)cc3c3ccc(Oc4cccc(-c5cc(C6CCC(C)(C7CCC(C)(C)CC7)CC6C)c(C)cn5)c4)cc32)cc1C. The van der Waals surface area contributed by atoms with Gasteiger partial charge in [0.05, 0.1) is 16.7 Å². The van der Waals surface area contributed by atoms with Gasteiger partial charge in [-0.05, 0) is 230 Å². The number of aromatic nitrogens is 3. The zero-order chi connectivity index (χ0) is 49.2. The van der Waals surface area contributed by atoms with Crippen LogP contribution < -0.4 is 4.74 Å². The number of benzene rings is 5. The molecule has 4 nitrogen and oxygen atoms in total. The molecule has 3 atom stereocenters. The molecule has 0 amide bonds. The minimum Gasteiger partial charge on any atom is -0.457 e. The average Bonchev–Trinajstić information content (AvgIpc) is 3.68. The molecule has 3 aliphatic rings. The lowest BCUT2D eigenvalue weighted by Gasteiger charge is -2.49. The van der Waals surface area contributed by atoms with Crippen molar-refractivity contribution in [3.63, 3.8) is 0 Å². The topological polar surface area (TPSA) is 39.9 Å². The molecule has 4 heteroatoms. The number of rotatable bonds is 9. The summed E-state index contributed by atoms with van der Waals surface area (Å²) in [5.74, 6) is 5.22. The van der Waals surface area contributed by atoms with Crippen molar-refractivity contribution < 1.29 is 4.74 Å². The molecule has 0 spiro atoms. The normalized spacial score (nSPS) is 21.7. The summed E-state index contributed by atoms with van der Waals surface area (Å²) >= 11 is 0. The van der Waals surface area contributed by atoms with Gasteiger partial charge in [-0.3, -0.25) is 9.55 Å². The summed E-state index contributed by atoms with van der Waals surface area (Å²) < 4.78 is 9.08. The van der Waals surface area contributed by atoms with Gasteiger partial charge in [-0.2, -0.15) is 0 Å². The molecule has 3 aliphatic carbocycles. The highest BCUT2D eigenvalue weighted by Crippen LogP contribution is 2.56. The van der Waals surface area contributed by atoms with Crippen molar-refractivity contribution in [3.8, 4) is 50.8 Å². The van der Waals surface area contributed by atoms with Crippen molar-refractivity contribution in [2.24, 2.45) is 28.1 Å². The molecular formula is C67H75N3O. The maximum Gasteiger partial charge on any atom is 0.137 e. The molecule has 8 aromatic rings. The van der Waals surface area contributed by atoms with E-state index in [1.807, 2.05) is 6.20 Å². The molecule has 364 valence electrons. The lowest BCUT2D eigenvalue weighted by atomic mass is 9.56. The summed E-state index contributed by atoms with van der Waals surface area (Å²) in [4.78, 5) is 10.0. The number of hydrogen-bond acceptors (Lipinski definition) is 3. The first-order chi connectivity index (χ1) is 34.1. The van der Waals surface area contributed by atoms with Crippen molar-refractivity contribution in [1.82, 2.24) is 14.5 Å². The average molecular weight is 938 g/mol. The molecule has 0 aliphatic heterocycles. The molecule has 3 aromatic heterocycles. The fourth-order valence-electron chi connectivity index (χ4n) is 13.4. The molecule has 11 rings (SSSR count). The Labute approximate surface area is 424 Å². The van der Waals surface area contributed by atoms with E-state index in [0.717, 1.165) is 50.9 Å². The van der Waals surface area contributed by atoms with Crippen LogP contribution in [0.2, 0.25) is 0 Å². The van der Waals surface area contributed by atoms with Crippen molar-refractivity contribution >= 4 is 21.8 Å². The molecule has 3 fully saturated rings. The predicted molar refractivity (Wildman–Crippen MR) is 298 cm³/mol. The smallest absolute Gasteiger partial charge is 0.137 e. The second-order valence-electron chi connectivity index (χ2n) is 24.5. The second kappa shape index (κ2) is 18.6. The third-order valence-electron chi connectivity index (χ3n) is 18.3. The number of fused-ring (bicyclic) bond motifs is 3. The van der Waals surface area contributed by atoms with E-state index in [1.165, 1.54) is 126 Å². The Kier molecular flexibility index (Phi) is 12.4. The number of pyridine rings is 2. The van der Waals surface area contributed by atoms with Gasteiger partial charge in [0.25, 0.3) is 0 Å². The van der Waals surface area contributed by atoms with Gasteiger partial charge in [-0.15, -0.1) is 0 Å². The highest BCUT2D eigenvalue weighted by molar-refractivity contribution is 6.10. The zero-order valence-corrected chi connectivity index (χ0v) is 44.0. The van der Waals surface area contributed by atoms with Gasteiger partial charge in [0.1, 0.15) is 17.3 Å². The minimum absolute atomic E-state index is 0.450. The van der Waals surface area contributed by atoms with Crippen LogP contribution in [0.5, 0.6) is 11.5 Å². The van der Waals surface area contributed by atoms with Gasteiger partial charge in [-0.25, -0.2) is 4.98 Å². The first-order valence-corrected chi connectivity index (χ1v) is 27.1. The van der Waals surface area contributed by atoms with Crippen molar-refractivity contribution in [2.45, 2.75) is 145 Å². The molecule has 0 radical (unpaired) electrons. The molecule has 71 heavy (non-hydrogen) atoms. The lowest BCUT2D eigenvalue weighted by Crippen LogP contribution is -2.38. The number of ether oxygens (including phenoxy) is 1. The summed E-state index contributed by atoms with van der Waals surface area (Å²) in [5, 5.41) is 2.35. The number of hydrogen-bond donors (Lipinski definition) is 0. The van der Waals surface area contributed by atoms with Crippen molar-refractivity contribution in [3.05, 3.63) is 162 Å². The molecule has 3 saturated carbocycles. The Morgan fingerprint density at radius 2 is 1.15 bits per heavy atom. The first-order valence-electron chi connectivity index (χ1n) is 27.1. The molecule has 3 heterocycles. The summed E-state index contributed by atoms with van der Waals surface area (Å²) in [7, 11) is 0. The van der Waals surface area contributed by atoms with E-state index in [4.69, 9.17) is 14.7 Å². The highest BCUT2D eigenvalue weighted by Gasteiger charge is 2.44. The maximum absolute atomic E-state index is 6.78. The van der Waals surface area contributed by atoms with E-state index in [1.54, 1.807) is 0 Å². The van der Waals surface area contributed by atoms with Gasteiger partial charge < -0.3 is 4.74 Å². The second-order valence-corrected chi connectivity index (χ2v) is 24.5. The minimum atomic E-state index is 0.450. The van der Waals surface area contributed by atoms with Crippen LogP contribution in [-0.4, -0.2) is 14.5 Å². The summed E-state index contributed by atoms with van der Waals surface area (Å²) in [6.07, 6.45) is 18.7. The van der Waals surface area contributed by atoms with E-state index in [-0.39, 0.29) is 0 Å². The summed E-state index contributed by atoms with van der Waals surface area (Å²) in [6, 6.07) is 44.9. The Morgan fingerprint density at radius 1 is 0.521 bits per heavy atom. The van der Waals surface area contributed by atoms with Crippen LogP contribution in [0.1, 0.15) is 152 Å². The summed E-state index contributed by atoms with van der Waals surface area (Å²) in [6.45, 7) is 21.4. The van der Waals surface area contributed by atoms with Crippen LogP contribution in [0.15, 0.2) is 134 Å². The van der Waals surface area contributed by atoms with Crippen molar-refractivity contribution in [2.75, 3.05) is 0 Å². The Balaban J connectivity index is 0.853. The van der Waals surface area contributed by atoms with Gasteiger partial charge in [0.2, 0.25) is 0 Å². The van der Waals surface area contributed by atoms with Crippen LogP contribution in [0.25, 0.3) is 61.1 Å². The monoisotopic (exact) mass is 938 g/mol. The van der Waals surface area contributed by atoms with Crippen LogP contribution in [0.3, 0.4) is 0 Å². The van der Waals surface area contributed by atoms with Crippen molar-refractivity contribution in [1.29, 1.82) is 0 Å². The fraction of sp³-hybridized carbons (Fsp3) is 0.403. The quantitative estimate of drug-likeness (QED) is 0.145. The van der Waals surface area contributed by atoms with Crippen LogP contribution in [-0.2, 0) is 0 Å². The van der Waals surface area contributed by atoms with E-state index >= 15 is 0 Å². The third kappa shape index (κ3) is 9.49. The molecule has 0 saturated heterocycles. The van der Waals surface area contributed by atoms with E-state index < -0.39 is 0 Å². The van der Waals surface area contributed by atoms with E-state index in [0.29, 0.717) is 34.0 Å². The van der Waals surface area contributed by atoms with E-state index in [9.17, 15) is 0 Å². The van der Waals surface area contributed by atoms with Gasteiger partial charge in [0, 0.05) is 34.8 Å². The largest absolute Gasteiger partial charge is 0.457 e. The predicted octanol–water partition coefficient (Wildman–Crippen LogP) is 19.1. The van der Waals surface area contributed by atoms with Crippen LogP contribution in [0.4, 0.5) is 0 Å². The Bertz CT molecular complexity index is 3220. The standard InChI is InChI=1S/C67H75N3O/c1-43-35-64(69-41-45(43)3)70-62-24-21-52(50-19-17-48(18-20-50)47-13-15-49(16-14-47)51-25-30-65(5,6)31-26-51)37-60(62)58-23-22-56(38-63(58)70)71-55-12-10-11-53(36-55)61-39-59(46(4)42-68-61)57-29-34-67(9,40-44(57)2)54-27-32-66(7,8)33-28-54/h10-24,35-39,41-42,44,51,54,57H,25-34,40H2,1-9H3. The highest BCUT2D eigenvalue weighted by atomic mass is 16.5. The Morgan fingerprint density at radius 3 is 1.85 bits per heavy atom. The number of aryl methyl sites for hydroxylation is 3. The van der Waals surface area contributed by atoms with Gasteiger partial charge >= 0.3 is 0 Å². The summed E-state index contributed by atoms with van der Waals surface area (Å²) in [5.41, 5.74) is 17.3.